The van der Waals surface area contributed by atoms with E-state index in [4.69, 9.17) is 4.74 Å². The van der Waals surface area contributed by atoms with E-state index < -0.39 is 42.1 Å². The van der Waals surface area contributed by atoms with Crippen LogP contribution in [0, 0.1) is 11.8 Å². The third kappa shape index (κ3) is 8.05. The van der Waals surface area contributed by atoms with Crippen LogP contribution in [0.15, 0.2) is 54.6 Å². The number of carbonyl (C=O) groups excluding carboxylic acids is 3. The molecule has 0 saturated heterocycles. The normalized spacial score (nSPS) is 23.5. The topological polar surface area (TPSA) is 120 Å². The zero-order chi connectivity index (χ0) is 29.4. The maximum atomic E-state index is 13.9. The third-order valence-electron chi connectivity index (χ3n) is 7.56. The van der Waals surface area contributed by atoms with Gasteiger partial charge in [-0.1, -0.05) is 76.6 Å². The van der Waals surface area contributed by atoms with E-state index in [1.165, 1.54) is 0 Å². The predicted molar refractivity (Wildman–Crippen MR) is 155 cm³/mol. The molecule has 2 aliphatic heterocycles. The maximum Gasteiger partial charge on any atom is 0.247 e. The van der Waals surface area contributed by atoms with E-state index in [2.05, 4.69) is 16.0 Å². The van der Waals surface area contributed by atoms with Crippen molar-refractivity contribution in [3.8, 4) is 5.75 Å². The third-order valence-corrected chi connectivity index (χ3v) is 7.56. The van der Waals surface area contributed by atoms with Gasteiger partial charge in [0.1, 0.15) is 23.9 Å². The van der Waals surface area contributed by atoms with Crippen LogP contribution >= 0.6 is 0 Å². The Kier molecular flexibility index (Phi) is 11.1. The molecule has 0 spiro atoms. The van der Waals surface area contributed by atoms with Crippen LogP contribution in [-0.4, -0.2) is 72.6 Å². The van der Waals surface area contributed by atoms with Crippen molar-refractivity contribution < 1.29 is 24.2 Å². The van der Waals surface area contributed by atoms with E-state index in [0.29, 0.717) is 24.2 Å². The van der Waals surface area contributed by atoms with E-state index in [0.717, 1.165) is 5.56 Å². The Labute approximate surface area is 237 Å². The summed E-state index contributed by atoms with van der Waals surface area (Å²) in [7, 11) is 3.66. The Balaban J connectivity index is 2.00. The van der Waals surface area contributed by atoms with Gasteiger partial charge in [0, 0.05) is 6.54 Å². The zero-order valence-corrected chi connectivity index (χ0v) is 24.4. The van der Waals surface area contributed by atoms with Gasteiger partial charge in [0.15, 0.2) is 0 Å². The van der Waals surface area contributed by atoms with Crippen LogP contribution < -0.4 is 20.7 Å². The molecule has 4 rings (SSSR count). The molecule has 2 bridgehead atoms. The van der Waals surface area contributed by atoms with Crippen LogP contribution in [-0.2, 0) is 20.8 Å². The SMILES string of the molecule is CC[C@@H](C)[C@@H]1NC(=O)[C@@H](NC(=O)[C@H](Cc2ccccc2)N(C)C)[C@H](C(C)C)Oc2ccc(cc2)[C@@H](O)CNC1=O. The number of aliphatic hydroxyl groups is 1. The van der Waals surface area contributed by atoms with E-state index >= 15 is 0 Å². The number of likely N-dealkylation sites (N-methyl/N-ethyl adjacent to an activating group) is 1. The van der Waals surface area contributed by atoms with Crippen LogP contribution in [0.1, 0.15) is 51.3 Å². The number of ether oxygens (including phenoxy) is 1. The van der Waals surface area contributed by atoms with Gasteiger partial charge in [-0.3, -0.25) is 19.3 Å². The molecule has 0 radical (unpaired) electrons. The minimum Gasteiger partial charge on any atom is -0.487 e. The number of benzene rings is 2. The zero-order valence-electron chi connectivity index (χ0n) is 24.4. The highest BCUT2D eigenvalue weighted by molar-refractivity contribution is 5.93. The minimum absolute atomic E-state index is 0.000621. The molecule has 4 N–H and O–H groups in total. The first kappa shape index (κ1) is 31.1. The fourth-order valence-corrected chi connectivity index (χ4v) is 4.78. The molecular weight excluding hydrogens is 508 g/mol. The van der Waals surface area contributed by atoms with Gasteiger partial charge in [0.25, 0.3) is 0 Å². The van der Waals surface area contributed by atoms with Crippen LogP contribution in [0.25, 0.3) is 0 Å². The minimum atomic E-state index is -1.07. The first-order valence-corrected chi connectivity index (χ1v) is 14.0. The second-order valence-electron chi connectivity index (χ2n) is 11.2. The lowest BCUT2D eigenvalue weighted by molar-refractivity contribution is -0.136. The molecule has 40 heavy (non-hydrogen) atoms. The number of aliphatic hydroxyl groups excluding tert-OH is 1. The number of carbonyl (C=O) groups is 3. The van der Waals surface area contributed by atoms with Gasteiger partial charge < -0.3 is 25.8 Å². The monoisotopic (exact) mass is 552 g/mol. The second kappa shape index (κ2) is 14.3. The molecule has 0 aliphatic carbocycles. The number of nitrogens with zero attached hydrogens (tertiary/aromatic N) is 1. The molecule has 0 saturated carbocycles. The summed E-state index contributed by atoms with van der Waals surface area (Å²) < 4.78 is 6.33. The summed E-state index contributed by atoms with van der Waals surface area (Å²) in [6.45, 7) is 7.67. The number of fused-ring (bicyclic) bond motifs is 11. The highest BCUT2D eigenvalue weighted by atomic mass is 16.5. The first-order valence-electron chi connectivity index (χ1n) is 14.0. The standard InChI is InChI=1S/C31H44N4O5/c1-7-20(4)26-30(38)32-18-25(36)22-13-15-23(16-14-22)40-28(19(2)3)27(31(39)33-26)34-29(37)24(35(5)6)17-21-11-9-8-10-12-21/h8-16,19-20,24-28,36H,7,17-18H2,1-6H3,(H,32,38)(H,33,39)(H,34,37)/t20-,24+,25+,26+,27+,28+/m1/s1. The highest BCUT2D eigenvalue weighted by Crippen LogP contribution is 2.23. The fraction of sp³-hybridized carbons (Fsp3) is 0.516. The van der Waals surface area contributed by atoms with Crippen molar-refractivity contribution in [2.24, 2.45) is 11.8 Å². The Bertz CT molecular complexity index is 1120. The van der Waals surface area contributed by atoms with E-state index in [1.807, 2.05) is 77.0 Å². The summed E-state index contributed by atoms with van der Waals surface area (Å²) in [6.07, 6.45) is -0.538. The Morgan fingerprint density at radius 1 is 1.05 bits per heavy atom. The summed E-state index contributed by atoms with van der Waals surface area (Å²) in [4.78, 5) is 42.7. The molecule has 0 aromatic heterocycles. The van der Waals surface area contributed by atoms with E-state index in [-0.39, 0.29) is 24.3 Å². The summed E-state index contributed by atoms with van der Waals surface area (Å²) >= 11 is 0. The van der Waals surface area contributed by atoms with Crippen molar-refractivity contribution >= 4 is 17.7 Å². The number of rotatable bonds is 8. The molecule has 9 heteroatoms. The van der Waals surface area contributed by atoms with Crippen molar-refractivity contribution in [3.05, 3.63) is 65.7 Å². The average molecular weight is 553 g/mol. The van der Waals surface area contributed by atoms with E-state index in [1.54, 1.807) is 24.3 Å². The van der Waals surface area contributed by atoms with Crippen LogP contribution in [0.5, 0.6) is 5.75 Å². The predicted octanol–water partition coefficient (Wildman–Crippen LogP) is 2.44. The van der Waals surface area contributed by atoms with Gasteiger partial charge >= 0.3 is 0 Å². The van der Waals surface area contributed by atoms with E-state index in [9.17, 15) is 19.5 Å². The van der Waals surface area contributed by atoms with Crippen molar-refractivity contribution in [1.29, 1.82) is 0 Å². The van der Waals surface area contributed by atoms with Crippen LogP contribution in [0.2, 0.25) is 0 Å². The van der Waals surface area contributed by atoms with Crippen molar-refractivity contribution in [2.45, 2.75) is 70.9 Å². The van der Waals surface area contributed by atoms with Gasteiger partial charge in [0.2, 0.25) is 17.7 Å². The van der Waals surface area contributed by atoms with Crippen molar-refractivity contribution in [1.82, 2.24) is 20.9 Å². The fourth-order valence-electron chi connectivity index (χ4n) is 4.78. The summed E-state index contributed by atoms with van der Waals surface area (Å²) in [6, 6.07) is 14.2. The van der Waals surface area contributed by atoms with Gasteiger partial charge in [-0.2, -0.15) is 0 Å². The summed E-state index contributed by atoms with van der Waals surface area (Å²) in [5.74, 6) is -1.05. The second-order valence-corrected chi connectivity index (χ2v) is 11.2. The molecule has 218 valence electrons. The summed E-state index contributed by atoms with van der Waals surface area (Å²) in [5.41, 5.74) is 1.63. The first-order chi connectivity index (χ1) is 19.0. The molecule has 9 nitrogen and oxygen atoms in total. The van der Waals surface area contributed by atoms with Crippen LogP contribution in [0.4, 0.5) is 0 Å². The molecule has 2 aromatic rings. The van der Waals surface area contributed by atoms with Crippen LogP contribution in [0.3, 0.4) is 0 Å². The Morgan fingerprint density at radius 3 is 2.27 bits per heavy atom. The molecule has 0 fully saturated rings. The van der Waals surface area contributed by atoms with Gasteiger partial charge in [-0.05, 0) is 55.6 Å². The van der Waals surface area contributed by atoms with Gasteiger partial charge in [-0.25, -0.2) is 0 Å². The highest BCUT2D eigenvalue weighted by Gasteiger charge is 2.38. The Morgan fingerprint density at radius 2 is 1.70 bits per heavy atom. The number of nitrogens with one attached hydrogen (secondary N) is 3. The maximum absolute atomic E-state index is 13.9. The lowest BCUT2D eigenvalue weighted by Crippen LogP contribution is -2.62. The summed E-state index contributed by atoms with van der Waals surface area (Å²) in [5, 5.41) is 19.3. The lowest BCUT2D eigenvalue weighted by atomic mass is 9.94. The molecule has 2 heterocycles. The lowest BCUT2D eigenvalue weighted by Gasteiger charge is -2.34. The van der Waals surface area contributed by atoms with Crippen molar-refractivity contribution in [3.63, 3.8) is 0 Å². The molecule has 3 amide bonds. The van der Waals surface area contributed by atoms with Gasteiger partial charge in [0.05, 0.1) is 12.1 Å². The molecular formula is C31H44N4O5. The molecule has 2 aliphatic rings. The number of amides is 3. The average Bonchev–Trinajstić information content (AvgIpc) is 2.94. The smallest absolute Gasteiger partial charge is 0.247 e. The molecule has 6 atom stereocenters. The Hall–Kier alpha value is -3.43. The van der Waals surface area contributed by atoms with Crippen molar-refractivity contribution in [2.75, 3.05) is 20.6 Å². The number of hydrogen-bond acceptors (Lipinski definition) is 6. The largest absolute Gasteiger partial charge is 0.487 e. The van der Waals surface area contributed by atoms with Gasteiger partial charge in [-0.15, -0.1) is 0 Å². The number of hydrogen-bond donors (Lipinski definition) is 4. The molecule has 2 aromatic carbocycles. The quantitative estimate of drug-likeness (QED) is 0.399. The molecule has 0 unspecified atom stereocenters.